The highest BCUT2D eigenvalue weighted by Crippen LogP contribution is 2.28. The summed E-state index contributed by atoms with van der Waals surface area (Å²) in [6, 6.07) is 0. The maximum Gasteiger partial charge on any atom is 0.352 e. The van der Waals surface area contributed by atoms with E-state index in [0.717, 1.165) is 0 Å². The smallest absolute Gasteiger partial charge is 0.347 e. The Morgan fingerprint density at radius 1 is 0.944 bits per heavy atom. The Morgan fingerprint density at radius 3 is 1.56 bits per heavy atom. The van der Waals surface area contributed by atoms with Crippen molar-refractivity contribution in [2.45, 2.75) is 39.1 Å². The standard InChI is InChI=1S/C10H22O7S/c1-5-14-9(15-6-2)10(16-7-3,17-8-4)18(11,12)13/h9H,5-8H2,1-4H3,(H,11,12,13). The Morgan fingerprint density at radius 2 is 1.33 bits per heavy atom. The Kier molecular flexibility index (Phi) is 7.92. The van der Waals surface area contributed by atoms with E-state index in [1.165, 1.54) is 0 Å². The van der Waals surface area contributed by atoms with E-state index >= 15 is 0 Å². The molecule has 0 bridgehead atoms. The SMILES string of the molecule is CCOC(OCC)C(OCC)(OCC)S(=O)(=O)O. The van der Waals surface area contributed by atoms with Gasteiger partial charge in [-0.25, -0.2) is 0 Å². The lowest BCUT2D eigenvalue weighted by Gasteiger charge is -2.35. The van der Waals surface area contributed by atoms with Gasteiger partial charge in [-0.2, -0.15) is 8.42 Å². The molecule has 0 radical (unpaired) electrons. The molecule has 0 rings (SSSR count). The minimum atomic E-state index is -4.69. The maximum absolute atomic E-state index is 11.6. The molecule has 0 aliphatic heterocycles. The van der Waals surface area contributed by atoms with Crippen molar-refractivity contribution in [3.8, 4) is 0 Å². The summed E-state index contributed by atoms with van der Waals surface area (Å²) in [5.74, 6) is 0. The second-order valence-electron chi connectivity index (χ2n) is 3.19. The molecule has 0 atom stereocenters. The first kappa shape index (κ1) is 17.8. The van der Waals surface area contributed by atoms with E-state index in [-0.39, 0.29) is 26.4 Å². The van der Waals surface area contributed by atoms with Gasteiger partial charge in [0.1, 0.15) is 0 Å². The van der Waals surface area contributed by atoms with Crippen molar-refractivity contribution in [1.29, 1.82) is 0 Å². The van der Waals surface area contributed by atoms with Crippen LogP contribution < -0.4 is 0 Å². The van der Waals surface area contributed by atoms with Crippen molar-refractivity contribution in [1.82, 2.24) is 0 Å². The number of hydrogen-bond acceptors (Lipinski definition) is 6. The fourth-order valence-electron chi connectivity index (χ4n) is 1.41. The summed E-state index contributed by atoms with van der Waals surface area (Å²) in [5.41, 5.74) is 0. The van der Waals surface area contributed by atoms with Gasteiger partial charge in [-0.1, -0.05) is 0 Å². The van der Waals surface area contributed by atoms with Crippen LogP contribution in [-0.4, -0.2) is 50.8 Å². The maximum atomic E-state index is 11.6. The lowest BCUT2D eigenvalue weighted by molar-refractivity contribution is -0.308. The van der Waals surface area contributed by atoms with Crippen molar-refractivity contribution in [2.24, 2.45) is 0 Å². The summed E-state index contributed by atoms with van der Waals surface area (Å²) in [7, 11) is -4.69. The van der Waals surface area contributed by atoms with E-state index < -0.39 is 21.5 Å². The molecule has 110 valence electrons. The second-order valence-corrected chi connectivity index (χ2v) is 4.71. The van der Waals surface area contributed by atoms with Crippen LogP contribution in [0.1, 0.15) is 27.7 Å². The van der Waals surface area contributed by atoms with Gasteiger partial charge in [0.15, 0.2) is 0 Å². The fraction of sp³-hybridized carbons (Fsp3) is 1.00. The molecule has 0 heterocycles. The van der Waals surface area contributed by atoms with Gasteiger partial charge in [-0.05, 0) is 27.7 Å². The first-order chi connectivity index (χ1) is 8.39. The monoisotopic (exact) mass is 286 g/mol. The predicted molar refractivity (Wildman–Crippen MR) is 64.6 cm³/mol. The van der Waals surface area contributed by atoms with E-state index in [0.29, 0.717) is 0 Å². The van der Waals surface area contributed by atoms with Gasteiger partial charge < -0.3 is 18.9 Å². The molecule has 0 amide bonds. The Bertz CT molecular complexity index is 302. The van der Waals surface area contributed by atoms with Crippen LogP contribution >= 0.6 is 0 Å². The zero-order valence-corrected chi connectivity index (χ0v) is 12.0. The molecule has 7 nitrogen and oxygen atoms in total. The molecule has 0 saturated carbocycles. The first-order valence-corrected chi connectivity index (χ1v) is 7.31. The van der Waals surface area contributed by atoms with Crippen molar-refractivity contribution < 1.29 is 31.9 Å². The van der Waals surface area contributed by atoms with Gasteiger partial charge >= 0.3 is 15.2 Å². The van der Waals surface area contributed by atoms with Crippen LogP contribution in [0.5, 0.6) is 0 Å². The van der Waals surface area contributed by atoms with Crippen LogP contribution in [0.25, 0.3) is 0 Å². The largest absolute Gasteiger partial charge is 0.352 e. The van der Waals surface area contributed by atoms with Gasteiger partial charge in [0.25, 0.3) is 0 Å². The van der Waals surface area contributed by atoms with E-state index in [4.69, 9.17) is 18.9 Å². The molecule has 0 aliphatic rings. The van der Waals surface area contributed by atoms with Crippen molar-refractivity contribution in [3.63, 3.8) is 0 Å². The molecule has 0 aromatic rings. The molecule has 0 unspecified atom stereocenters. The normalized spacial score (nSPS) is 13.2. The molecule has 0 aliphatic carbocycles. The minimum Gasteiger partial charge on any atom is -0.347 e. The highest BCUT2D eigenvalue weighted by atomic mass is 32.2. The lowest BCUT2D eigenvalue weighted by atomic mass is 10.5. The fourth-order valence-corrected chi connectivity index (χ4v) is 2.32. The van der Waals surface area contributed by atoms with Crippen LogP contribution in [-0.2, 0) is 29.1 Å². The number of hydrogen-bond donors (Lipinski definition) is 1. The quantitative estimate of drug-likeness (QED) is 0.473. The third-order valence-corrected chi connectivity index (χ3v) is 3.12. The Balaban J connectivity index is 5.47. The van der Waals surface area contributed by atoms with Crippen LogP contribution in [0, 0.1) is 0 Å². The van der Waals surface area contributed by atoms with E-state index in [1.54, 1.807) is 27.7 Å². The molecule has 8 heteroatoms. The second kappa shape index (κ2) is 8.03. The topological polar surface area (TPSA) is 91.3 Å². The third-order valence-electron chi connectivity index (χ3n) is 1.98. The summed E-state index contributed by atoms with van der Waals surface area (Å²) in [4.78, 5) is 0. The summed E-state index contributed by atoms with van der Waals surface area (Å²) < 4.78 is 53.0. The molecule has 0 saturated heterocycles. The molecule has 18 heavy (non-hydrogen) atoms. The molecule has 0 aromatic carbocycles. The van der Waals surface area contributed by atoms with Gasteiger partial charge in [0.05, 0.1) is 0 Å². The molecule has 1 N–H and O–H groups in total. The lowest BCUT2D eigenvalue weighted by Crippen LogP contribution is -2.56. The van der Waals surface area contributed by atoms with Gasteiger partial charge in [0, 0.05) is 26.4 Å². The summed E-state index contributed by atoms with van der Waals surface area (Å²) >= 11 is 0. The highest BCUT2D eigenvalue weighted by Gasteiger charge is 2.54. The van der Waals surface area contributed by atoms with E-state index in [1.807, 2.05) is 0 Å². The minimum absolute atomic E-state index is 0.0104. The van der Waals surface area contributed by atoms with Crippen LogP contribution in [0.3, 0.4) is 0 Å². The molecule has 0 spiro atoms. The summed E-state index contributed by atoms with van der Waals surface area (Å²) in [6.45, 7) is 6.87. The Hall–Kier alpha value is -0.250. The average molecular weight is 286 g/mol. The summed E-state index contributed by atoms with van der Waals surface area (Å²) in [6.07, 6.45) is -1.36. The van der Waals surface area contributed by atoms with E-state index in [9.17, 15) is 13.0 Å². The third kappa shape index (κ3) is 4.15. The highest BCUT2D eigenvalue weighted by molar-refractivity contribution is 7.87. The molecular weight excluding hydrogens is 264 g/mol. The van der Waals surface area contributed by atoms with Crippen molar-refractivity contribution in [3.05, 3.63) is 0 Å². The Labute approximate surface area is 108 Å². The first-order valence-electron chi connectivity index (χ1n) is 5.87. The molecular formula is C10H22O7S. The zero-order chi connectivity index (χ0) is 14.2. The predicted octanol–water partition coefficient (Wildman–Crippen LogP) is 1.00. The number of rotatable bonds is 10. The van der Waals surface area contributed by atoms with Crippen molar-refractivity contribution >= 4 is 10.1 Å². The van der Waals surface area contributed by atoms with Gasteiger partial charge in [-0.3, -0.25) is 4.55 Å². The van der Waals surface area contributed by atoms with Crippen LogP contribution in [0.2, 0.25) is 0 Å². The van der Waals surface area contributed by atoms with Crippen LogP contribution in [0.4, 0.5) is 0 Å². The van der Waals surface area contributed by atoms with E-state index in [2.05, 4.69) is 0 Å². The molecule has 0 aromatic heterocycles. The average Bonchev–Trinajstić information content (AvgIpc) is 2.27. The van der Waals surface area contributed by atoms with Crippen LogP contribution in [0.15, 0.2) is 0 Å². The van der Waals surface area contributed by atoms with Gasteiger partial charge in [-0.15, -0.1) is 0 Å². The number of ether oxygens (including phenoxy) is 4. The molecule has 0 fully saturated rings. The van der Waals surface area contributed by atoms with Crippen molar-refractivity contribution in [2.75, 3.05) is 26.4 Å². The summed E-state index contributed by atoms with van der Waals surface area (Å²) in [5, 5.41) is -2.36. The van der Waals surface area contributed by atoms with Gasteiger partial charge in [0.2, 0.25) is 6.29 Å². The zero-order valence-electron chi connectivity index (χ0n) is 11.2.